The maximum absolute atomic E-state index is 5.24. The third-order valence-electron chi connectivity index (χ3n) is 2.05. The Bertz CT molecular complexity index is 83.6. The van der Waals surface area contributed by atoms with Crippen molar-refractivity contribution in [1.82, 2.24) is 0 Å². The van der Waals surface area contributed by atoms with Crippen LogP contribution >= 0.6 is 0 Å². The number of methoxy groups -OCH3 is 2. The van der Waals surface area contributed by atoms with Crippen molar-refractivity contribution in [3.05, 3.63) is 0 Å². The van der Waals surface area contributed by atoms with Crippen molar-refractivity contribution in [1.29, 1.82) is 0 Å². The van der Waals surface area contributed by atoms with E-state index in [9.17, 15) is 0 Å². The highest BCUT2D eigenvalue weighted by Crippen LogP contribution is 2.11. The molecule has 0 bridgehead atoms. The van der Waals surface area contributed by atoms with E-state index in [1.54, 1.807) is 14.2 Å². The van der Waals surface area contributed by atoms with Crippen LogP contribution in [0.25, 0.3) is 0 Å². The van der Waals surface area contributed by atoms with E-state index in [4.69, 9.17) is 9.47 Å². The van der Waals surface area contributed by atoms with Gasteiger partial charge in [-0.3, -0.25) is 0 Å². The molecule has 2 atom stereocenters. The van der Waals surface area contributed by atoms with Gasteiger partial charge < -0.3 is 9.47 Å². The molecule has 2 nitrogen and oxygen atoms in total. The maximum Gasteiger partial charge on any atom is 0.0807 e. The van der Waals surface area contributed by atoms with Crippen LogP contribution in [0.3, 0.4) is 0 Å². The first-order valence-corrected chi connectivity index (χ1v) is 4.26. The van der Waals surface area contributed by atoms with Gasteiger partial charge in [-0.25, -0.2) is 0 Å². The third kappa shape index (κ3) is 5.22. The molecule has 0 aromatic rings. The Hall–Kier alpha value is -0.0800. The second-order valence-corrected chi connectivity index (χ2v) is 3.06. The van der Waals surface area contributed by atoms with Crippen LogP contribution in [-0.4, -0.2) is 26.9 Å². The SMILES string of the molecule is CCC(C)CC(COC)OC. The lowest BCUT2D eigenvalue weighted by atomic mass is 10.0. The molecule has 68 valence electrons. The van der Waals surface area contributed by atoms with Crippen molar-refractivity contribution in [2.75, 3.05) is 20.8 Å². The van der Waals surface area contributed by atoms with Crippen LogP contribution in [0, 0.1) is 5.92 Å². The van der Waals surface area contributed by atoms with Crippen LogP contribution in [0.15, 0.2) is 0 Å². The Morgan fingerprint density at radius 1 is 1.27 bits per heavy atom. The van der Waals surface area contributed by atoms with E-state index in [0.29, 0.717) is 6.61 Å². The van der Waals surface area contributed by atoms with Gasteiger partial charge in [-0.1, -0.05) is 20.3 Å². The zero-order valence-corrected chi connectivity index (χ0v) is 8.09. The van der Waals surface area contributed by atoms with Crippen molar-refractivity contribution >= 4 is 0 Å². The number of ether oxygens (including phenoxy) is 2. The van der Waals surface area contributed by atoms with Gasteiger partial charge in [0.15, 0.2) is 0 Å². The van der Waals surface area contributed by atoms with E-state index in [1.165, 1.54) is 6.42 Å². The molecule has 0 heterocycles. The largest absolute Gasteiger partial charge is 0.382 e. The lowest BCUT2D eigenvalue weighted by Crippen LogP contribution is -2.20. The van der Waals surface area contributed by atoms with Gasteiger partial charge >= 0.3 is 0 Å². The van der Waals surface area contributed by atoms with Crippen molar-refractivity contribution in [3.8, 4) is 0 Å². The van der Waals surface area contributed by atoms with E-state index in [1.807, 2.05) is 0 Å². The van der Waals surface area contributed by atoms with Crippen LogP contribution in [0.4, 0.5) is 0 Å². The Labute approximate surface area is 69.9 Å². The molecule has 0 aliphatic rings. The Morgan fingerprint density at radius 3 is 2.27 bits per heavy atom. The van der Waals surface area contributed by atoms with Gasteiger partial charge in [0.05, 0.1) is 12.7 Å². The molecule has 0 aliphatic heterocycles. The second kappa shape index (κ2) is 6.62. The first-order chi connectivity index (χ1) is 5.24. The second-order valence-electron chi connectivity index (χ2n) is 3.06. The highest BCUT2D eigenvalue weighted by Gasteiger charge is 2.10. The minimum absolute atomic E-state index is 0.273. The zero-order valence-electron chi connectivity index (χ0n) is 8.09. The third-order valence-corrected chi connectivity index (χ3v) is 2.05. The molecule has 0 spiro atoms. The summed E-state index contributed by atoms with van der Waals surface area (Å²) < 4.78 is 10.3. The van der Waals surface area contributed by atoms with Gasteiger partial charge in [-0.15, -0.1) is 0 Å². The summed E-state index contributed by atoms with van der Waals surface area (Å²) in [7, 11) is 3.45. The molecule has 0 radical (unpaired) electrons. The molecule has 0 aromatic heterocycles. The van der Waals surface area contributed by atoms with Gasteiger partial charge in [-0.2, -0.15) is 0 Å². The molecule has 2 heteroatoms. The fourth-order valence-electron chi connectivity index (χ4n) is 1.03. The predicted octanol–water partition coefficient (Wildman–Crippen LogP) is 2.08. The summed E-state index contributed by atoms with van der Waals surface area (Å²) in [5.41, 5.74) is 0. The summed E-state index contributed by atoms with van der Waals surface area (Å²) in [4.78, 5) is 0. The van der Waals surface area contributed by atoms with E-state index >= 15 is 0 Å². The molecule has 11 heavy (non-hydrogen) atoms. The monoisotopic (exact) mass is 160 g/mol. The summed E-state index contributed by atoms with van der Waals surface area (Å²) >= 11 is 0. The van der Waals surface area contributed by atoms with Gasteiger partial charge in [0.25, 0.3) is 0 Å². The molecule has 0 rings (SSSR count). The molecular weight excluding hydrogens is 140 g/mol. The minimum atomic E-state index is 0.273. The standard InChI is InChI=1S/C9H20O2/c1-5-8(2)6-9(11-4)7-10-3/h8-9H,5-7H2,1-4H3. The smallest absolute Gasteiger partial charge is 0.0807 e. The van der Waals surface area contributed by atoms with E-state index in [-0.39, 0.29) is 6.10 Å². The summed E-state index contributed by atoms with van der Waals surface area (Å²) in [6.07, 6.45) is 2.58. The fourth-order valence-corrected chi connectivity index (χ4v) is 1.03. The lowest BCUT2D eigenvalue weighted by Gasteiger charge is -2.17. The fraction of sp³-hybridized carbons (Fsp3) is 1.00. The van der Waals surface area contributed by atoms with Gasteiger partial charge in [0.1, 0.15) is 0 Å². The lowest BCUT2D eigenvalue weighted by molar-refractivity contribution is 0.0149. The van der Waals surface area contributed by atoms with Crippen molar-refractivity contribution in [3.63, 3.8) is 0 Å². The normalized spacial score (nSPS) is 16.4. The van der Waals surface area contributed by atoms with Crippen LogP contribution in [0.5, 0.6) is 0 Å². The molecule has 2 unspecified atom stereocenters. The summed E-state index contributed by atoms with van der Waals surface area (Å²) in [6, 6.07) is 0. The van der Waals surface area contributed by atoms with E-state index < -0.39 is 0 Å². The van der Waals surface area contributed by atoms with E-state index in [0.717, 1.165) is 12.3 Å². The van der Waals surface area contributed by atoms with Crippen molar-refractivity contribution in [2.45, 2.75) is 32.8 Å². The first-order valence-electron chi connectivity index (χ1n) is 4.26. The highest BCUT2D eigenvalue weighted by molar-refractivity contribution is 4.60. The Morgan fingerprint density at radius 2 is 1.91 bits per heavy atom. The summed E-state index contributed by atoms with van der Waals surface area (Å²) in [5, 5.41) is 0. The molecule has 0 amide bonds. The molecule has 0 aliphatic carbocycles. The predicted molar refractivity (Wildman–Crippen MR) is 46.7 cm³/mol. The first kappa shape index (κ1) is 10.9. The van der Waals surface area contributed by atoms with Gasteiger partial charge in [0, 0.05) is 14.2 Å². The maximum atomic E-state index is 5.24. The van der Waals surface area contributed by atoms with Crippen molar-refractivity contribution in [2.24, 2.45) is 5.92 Å². The quantitative estimate of drug-likeness (QED) is 0.592. The Balaban J connectivity index is 3.49. The van der Waals surface area contributed by atoms with E-state index in [2.05, 4.69) is 13.8 Å². The van der Waals surface area contributed by atoms with Gasteiger partial charge in [0.2, 0.25) is 0 Å². The summed E-state index contributed by atoms with van der Waals surface area (Å²) in [6.45, 7) is 5.15. The number of hydrogen-bond acceptors (Lipinski definition) is 2. The minimum Gasteiger partial charge on any atom is -0.382 e. The molecular formula is C9H20O2. The molecule has 0 saturated heterocycles. The van der Waals surface area contributed by atoms with Crippen LogP contribution < -0.4 is 0 Å². The molecule has 0 saturated carbocycles. The van der Waals surface area contributed by atoms with Crippen molar-refractivity contribution < 1.29 is 9.47 Å². The number of hydrogen-bond donors (Lipinski definition) is 0. The average Bonchev–Trinajstić information content (AvgIpc) is 2.03. The zero-order chi connectivity index (χ0) is 8.69. The Kier molecular flexibility index (Phi) is 6.57. The van der Waals surface area contributed by atoms with Crippen LogP contribution in [0.1, 0.15) is 26.7 Å². The summed E-state index contributed by atoms with van der Waals surface area (Å²) in [5.74, 6) is 0.732. The molecule has 0 fully saturated rings. The average molecular weight is 160 g/mol. The topological polar surface area (TPSA) is 18.5 Å². The molecule has 0 N–H and O–H groups in total. The molecule has 0 aromatic carbocycles. The van der Waals surface area contributed by atoms with Gasteiger partial charge in [-0.05, 0) is 12.3 Å². The van der Waals surface area contributed by atoms with Crippen LogP contribution in [0.2, 0.25) is 0 Å². The number of rotatable bonds is 6. The van der Waals surface area contributed by atoms with Crippen LogP contribution in [-0.2, 0) is 9.47 Å². The highest BCUT2D eigenvalue weighted by atomic mass is 16.5.